The quantitative estimate of drug-likeness (QED) is 0.401. The van der Waals surface area contributed by atoms with Crippen molar-refractivity contribution in [2.75, 3.05) is 5.32 Å². The molecule has 160 valence electrons. The summed E-state index contributed by atoms with van der Waals surface area (Å²) in [6.07, 6.45) is 4.22. The minimum atomic E-state index is -0.572. The van der Waals surface area contributed by atoms with E-state index >= 15 is 0 Å². The van der Waals surface area contributed by atoms with Crippen LogP contribution in [-0.2, 0) is 0 Å². The molecule has 0 aliphatic rings. The van der Waals surface area contributed by atoms with Crippen molar-refractivity contribution in [3.63, 3.8) is 0 Å². The molecule has 5 rings (SSSR count). The molecule has 7 heteroatoms. The summed E-state index contributed by atoms with van der Waals surface area (Å²) in [7, 11) is 0. The van der Waals surface area contributed by atoms with E-state index in [2.05, 4.69) is 15.3 Å². The predicted octanol–water partition coefficient (Wildman–Crippen LogP) is 5.27. The maximum absolute atomic E-state index is 14.6. The lowest BCUT2D eigenvalue weighted by Gasteiger charge is -2.23. The average Bonchev–Trinajstić information content (AvgIpc) is 3.27. The molecule has 0 saturated heterocycles. The minimum Gasteiger partial charge on any atom is -0.375 e. The van der Waals surface area contributed by atoms with Crippen LogP contribution in [0.25, 0.3) is 27.6 Å². The van der Waals surface area contributed by atoms with Gasteiger partial charge in [0.15, 0.2) is 0 Å². The normalized spacial score (nSPS) is 12.3. The monoisotopic (exact) mass is 427 g/mol. The standard InChI is InChI=1S/C25H22FN5O/c1-3-19(29-20-11-13-28-23-17(20)10-12-27-23)24-30-21-9-5-8-18(26)22(21)25(32)31(24)16-7-4-6-15(2)14-16/h4-14,19H,3H2,1-2H3,(H2,27,28,29)/t19-/m0/s1. The van der Waals surface area contributed by atoms with E-state index in [1.807, 2.05) is 56.4 Å². The zero-order valence-electron chi connectivity index (χ0n) is 17.8. The van der Waals surface area contributed by atoms with Gasteiger partial charge in [-0.2, -0.15) is 0 Å². The van der Waals surface area contributed by atoms with Gasteiger partial charge in [0.2, 0.25) is 0 Å². The smallest absolute Gasteiger partial charge is 0.269 e. The number of aryl methyl sites for hydroxylation is 1. The molecule has 0 saturated carbocycles. The van der Waals surface area contributed by atoms with Crippen molar-refractivity contribution in [2.24, 2.45) is 0 Å². The first kappa shape index (κ1) is 19.9. The van der Waals surface area contributed by atoms with Crippen LogP contribution in [0.4, 0.5) is 10.1 Å². The Balaban J connectivity index is 1.75. The van der Waals surface area contributed by atoms with Crippen molar-refractivity contribution in [2.45, 2.75) is 26.3 Å². The van der Waals surface area contributed by atoms with E-state index in [0.717, 1.165) is 22.3 Å². The van der Waals surface area contributed by atoms with Gasteiger partial charge in [0, 0.05) is 23.5 Å². The maximum atomic E-state index is 14.6. The third-order valence-electron chi connectivity index (χ3n) is 5.64. The van der Waals surface area contributed by atoms with E-state index in [1.165, 1.54) is 10.6 Å². The molecule has 3 heterocycles. The lowest BCUT2D eigenvalue weighted by molar-refractivity contribution is 0.630. The number of nitrogens with one attached hydrogen (secondary N) is 2. The van der Waals surface area contributed by atoms with Crippen molar-refractivity contribution in [3.05, 3.63) is 94.5 Å². The van der Waals surface area contributed by atoms with E-state index < -0.39 is 11.4 Å². The molecular formula is C25H22FN5O. The van der Waals surface area contributed by atoms with Crippen LogP contribution in [0.2, 0.25) is 0 Å². The summed E-state index contributed by atoms with van der Waals surface area (Å²) in [6.45, 7) is 3.98. The topological polar surface area (TPSA) is 75.6 Å². The SMILES string of the molecule is CC[C@H](Nc1ccnc2[nH]ccc12)c1nc2cccc(F)c2c(=O)n1-c1cccc(C)c1. The van der Waals surface area contributed by atoms with E-state index in [1.54, 1.807) is 18.3 Å². The van der Waals surface area contributed by atoms with E-state index in [4.69, 9.17) is 4.98 Å². The highest BCUT2D eigenvalue weighted by Gasteiger charge is 2.22. The second-order valence-corrected chi connectivity index (χ2v) is 7.79. The summed E-state index contributed by atoms with van der Waals surface area (Å²) in [4.78, 5) is 25.8. The number of aromatic amines is 1. The molecule has 0 unspecified atom stereocenters. The molecular weight excluding hydrogens is 405 g/mol. The Morgan fingerprint density at radius 3 is 2.81 bits per heavy atom. The number of pyridine rings is 1. The number of rotatable bonds is 5. The Hall–Kier alpha value is -4.00. The van der Waals surface area contributed by atoms with E-state index in [0.29, 0.717) is 23.4 Å². The fraction of sp³-hybridized carbons (Fsp3) is 0.160. The Bertz CT molecular complexity index is 1500. The minimum absolute atomic E-state index is 0.00968. The zero-order valence-corrected chi connectivity index (χ0v) is 17.8. The van der Waals surface area contributed by atoms with Crippen LogP contribution in [0.5, 0.6) is 0 Å². The highest BCUT2D eigenvalue weighted by atomic mass is 19.1. The number of benzene rings is 2. The number of nitrogens with zero attached hydrogens (tertiary/aromatic N) is 3. The summed E-state index contributed by atoms with van der Waals surface area (Å²) < 4.78 is 16.2. The molecule has 0 spiro atoms. The highest BCUT2D eigenvalue weighted by molar-refractivity contribution is 5.89. The zero-order chi connectivity index (χ0) is 22.2. The van der Waals surface area contributed by atoms with Crippen molar-refractivity contribution >= 4 is 27.6 Å². The predicted molar refractivity (Wildman–Crippen MR) is 125 cm³/mol. The van der Waals surface area contributed by atoms with Gasteiger partial charge in [0.05, 0.1) is 17.2 Å². The fourth-order valence-electron chi connectivity index (χ4n) is 4.08. The van der Waals surface area contributed by atoms with E-state index in [9.17, 15) is 9.18 Å². The Kier molecular flexibility index (Phi) is 4.93. The fourth-order valence-corrected chi connectivity index (χ4v) is 4.08. The van der Waals surface area contributed by atoms with Crippen molar-refractivity contribution < 1.29 is 4.39 Å². The number of halogens is 1. The van der Waals surface area contributed by atoms with Gasteiger partial charge in [-0.25, -0.2) is 14.4 Å². The van der Waals surface area contributed by atoms with Crippen LogP contribution >= 0.6 is 0 Å². The molecule has 5 aromatic rings. The van der Waals surface area contributed by atoms with Gasteiger partial charge in [-0.05, 0) is 55.3 Å². The number of fused-ring (bicyclic) bond motifs is 2. The first-order valence-electron chi connectivity index (χ1n) is 10.5. The van der Waals surface area contributed by atoms with Gasteiger partial charge in [0.25, 0.3) is 5.56 Å². The maximum Gasteiger partial charge on any atom is 0.269 e. The molecule has 3 aromatic heterocycles. The molecule has 0 amide bonds. The molecule has 6 nitrogen and oxygen atoms in total. The van der Waals surface area contributed by atoms with Gasteiger partial charge >= 0.3 is 0 Å². The van der Waals surface area contributed by atoms with E-state index in [-0.39, 0.29) is 11.4 Å². The average molecular weight is 427 g/mol. The molecule has 2 aromatic carbocycles. The molecule has 2 N–H and O–H groups in total. The van der Waals surface area contributed by atoms with Crippen LogP contribution in [0, 0.1) is 12.7 Å². The lowest BCUT2D eigenvalue weighted by Crippen LogP contribution is -2.28. The molecule has 0 fully saturated rings. The molecule has 0 bridgehead atoms. The number of aromatic nitrogens is 4. The third kappa shape index (κ3) is 3.32. The first-order valence-corrected chi connectivity index (χ1v) is 10.5. The molecule has 32 heavy (non-hydrogen) atoms. The van der Waals surface area contributed by atoms with Gasteiger partial charge in [-0.1, -0.05) is 25.1 Å². The van der Waals surface area contributed by atoms with Gasteiger partial charge in [0.1, 0.15) is 22.7 Å². The van der Waals surface area contributed by atoms with Gasteiger partial charge in [-0.15, -0.1) is 0 Å². The molecule has 0 aliphatic carbocycles. The van der Waals surface area contributed by atoms with Crippen molar-refractivity contribution in [1.82, 2.24) is 19.5 Å². The number of hydrogen-bond donors (Lipinski definition) is 2. The largest absolute Gasteiger partial charge is 0.375 e. The van der Waals surface area contributed by atoms with Crippen molar-refractivity contribution in [1.29, 1.82) is 0 Å². The Morgan fingerprint density at radius 2 is 2.00 bits per heavy atom. The van der Waals surface area contributed by atoms with Crippen molar-refractivity contribution in [3.8, 4) is 5.69 Å². The Morgan fingerprint density at radius 1 is 1.16 bits per heavy atom. The van der Waals surface area contributed by atoms with Crippen LogP contribution in [0.3, 0.4) is 0 Å². The molecule has 0 aliphatic heterocycles. The second kappa shape index (κ2) is 7.92. The third-order valence-corrected chi connectivity index (χ3v) is 5.64. The Labute approximate surface area is 183 Å². The summed E-state index contributed by atoms with van der Waals surface area (Å²) in [6, 6.07) is 15.7. The van der Waals surface area contributed by atoms with Crippen LogP contribution in [0.1, 0.15) is 30.8 Å². The van der Waals surface area contributed by atoms with Crippen LogP contribution in [0.15, 0.2) is 71.8 Å². The summed E-state index contributed by atoms with van der Waals surface area (Å²) in [5, 5.41) is 4.47. The number of anilines is 1. The van der Waals surface area contributed by atoms with Gasteiger partial charge < -0.3 is 10.3 Å². The molecule has 1 atom stereocenters. The van der Waals surface area contributed by atoms with Crippen LogP contribution < -0.4 is 10.9 Å². The summed E-state index contributed by atoms with van der Waals surface area (Å²) in [5.41, 5.74) is 3.23. The second-order valence-electron chi connectivity index (χ2n) is 7.79. The summed E-state index contributed by atoms with van der Waals surface area (Å²) >= 11 is 0. The molecule has 0 radical (unpaired) electrons. The number of H-pyrrole nitrogens is 1. The lowest BCUT2D eigenvalue weighted by atomic mass is 10.1. The highest BCUT2D eigenvalue weighted by Crippen LogP contribution is 2.28. The van der Waals surface area contributed by atoms with Crippen LogP contribution in [-0.4, -0.2) is 19.5 Å². The summed E-state index contributed by atoms with van der Waals surface area (Å²) in [5.74, 6) is -0.0428. The van der Waals surface area contributed by atoms with Gasteiger partial charge in [-0.3, -0.25) is 9.36 Å². The number of hydrogen-bond acceptors (Lipinski definition) is 4. The first-order chi connectivity index (χ1) is 15.6.